The first kappa shape index (κ1) is 18.4. The van der Waals surface area contributed by atoms with Crippen molar-refractivity contribution in [3.63, 3.8) is 0 Å². The molecule has 0 unspecified atom stereocenters. The third kappa shape index (κ3) is 3.21. The molecule has 28 heavy (non-hydrogen) atoms. The molecule has 6 nitrogen and oxygen atoms in total. The lowest BCUT2D eigenvalue weighted by Crippen LogP contribution is -2.18. The van der Waals surface area contributed by atoms with Crippen LogP contribution in [-0.2, 0) is 0 Å². The third-order valence-electron chi connectivity index (χ3n) is 4.39. The van der Waals surface area contributed by atoms with Crippen molar-refractivity contribution < 1.29 is 4.79 Å². The summed E-state index contributed by atoms with van der Waals surface area (Å²) in [4.78, 5) is 12.7. The summed E-state index contributed by atoms with van der Waals surface area (Å²) in [6.45, 7) is 3.66. The van der Waals surface area contributed by atoms with Gasteiger partial charge in [-0.15, -0.1) is 10.2 Å². The quantitative estimate of drug-likeness (QED) is 0.516. The van der Waals surface area contributed by atoms with E-state index >= 15 is 0 Å². The standard InChI is InChI=1S/C20H15Cl2N5O/c1-11-17(13-6-5-7-14(21)10-13)19-25-24-18(12(2)27(19)26-11)20(28)23-16-9-4-3-8-15(16)22/h3-10H,1-2H3,(H,23,28). The number of aryl methyl sites for hydroxylation is 2. The number of hydrogen-bond acceptors (Lipinski definition) is 4. The van der Waals surface area contributed by atoms with Crippen LogP contribution in [-0.4, -0.2) is 25.7 Å². The molecule has 0 radical (unpaired) electrons. The summed E-state index contributed by atoms with van der Waals surface area (Å²) < 4.78 is 1.63. The number of benzene rings is 2. The van der Waals surface area contributed by atoms with Crippen molar-refractivity contribution in [3.05, 3.63) is 75.7 Å². The Morgan fingerprint density at radius 1 is 1.04 bits per heavy atom. The van der Waals surface area contributed by atoms with E-state index in [2.05, 4.69) is 20.6 Å². The summed E-state index contributed by atoms with van der Waals surface area (Å²) in [6, 6.07) is 14.5. The number of hydrogen-bond donors (Lipinski definition) is 1. The molecule has 0 aliphatic rings. The van der Waals surface area contributed by atoms with Crippen LogP contribution in [0.4, 0.5) is 5.69 Å². The predicted molar refractivity (Wildman–Crippen MR) is 110 cm³/mol. The molecule has 0 saturated heterocycles. The van der Waals surface area contributed by atoms with Crippen molar-refractivity contribution in [1.29, 1.82) is 0 Å². The molecule has 140 valence electrons. The summed E-state index contributed by atoms with van der Waals surface area (Å²) in [6.07, 6.45) is 0. The van der Waals surface area contributed by atoms with Gasteiger partial charge in [0.2, 0.25) is 0 Å². The Morgan fingerprint density at radius 2 is 1.82 bits per heavy atom. The number of para-hydroxylation sites is 1. The van der Waals surface area contributed by atoms with Crippen LogP contribution < -0.4 is 5.32 Å². The van der Waals surface area contributed by atoms with Crippen LogP contribution in [0.5, 0.6) is 0 Å². The second kappa shape index (κ2) is 7.22. The minimum Gasteiger partial charge on any atom is -0.319 e. The minimum absolute atomic E-state index is 0.174. The summed E-state index contributed by atoms with van der Waals surface area (Å²) in [7, 11) is 0. The fourth-order valence-corrected chi connectivity index (χ4v) is 3.42. The summed E-state index contributed by atoms with van der Waals surface area (Å²) >= 11 is 12.2. The number of halogens is 2. The number of nitrogens with zero attached hydrogens (tertiary/aromatic N) is 4. The lowest BCUT2D eigenvalue weighted by atomic mass is 10.1. The molecule has 1 N–H and O–H groups in total. The van der Waals surface area contributed by atoms with Crippen LogP contribution in [0, 0.1) is 13.8 Å². The topological polar surface area (TPSA) is 72.2 Å². The van der Waals surface area contributed by atoms with Gasteiger partial charge in [0, 0.05) is 5.02 Å². The zero-order valence-electron chi connectivity index (χ0n) is 15.1. The van der Waals surface area contributed by atoms with Gasteiger partial charge in [0.15, 0.2) is 11.3 Å². The maximum atomic E-state index is 12.7. The second-order valence-corrected chi connectivity index (χ2v) is 7.12. The Kier molecular flexibility index (Phi) is 4.75. The number of rotatable bonds is 3. The van der Waals surface area contributed by atoms with Crippen molar-refractivity contribution in [2.45, 2.75) is 13.8 Å². The van der Waals surface area contributed by atoms with Gasteiger partial charge in [-0.25, -0.2) is 4.52 Å². The minimum atomic E-state index is -0.405. The van der Waals surface area contributed by atoms with Crippen LogP contribution in [0.1, 0.15) is 21.9 Å². The molecule has 2 heterocycles. The van der Waals surface area contributed by atoms with Gasteiger partial charge in [-0.2, -0.15) is 5.10 Å². The number of carbonyl (C=O) groups is 1. The number of nitrogens with one attached hydrogen (secondary N) is 1. The fourth-order valence-electron chi connectivity index (χ4n) is 3.05. The van der Waals surface area contributed by atoms with Gasteiger partial charge in [-0.1, -0.05) is 47.5 Å². The monoisotopic (exact) mass is 411 g/mol. The first-order chi connectivity index (χ1) is 13.5. The Bertz CT molecular complexity index is 1220. The molecule has 0 aliphatic carbocycles. The van der Waals surface area contributed by atoms with E-state index in [4.69, 9.17) is 23.2 Å². The van der Waals surface area contributed by atoms with E-state index < -0.39 is 5.91 Å². The van der Waals surface area contributed by atoms with E-state index in [1.807, 2.05) is 25.1 Å². The highest BCUT2D eigenvalue weighted by atomic mass is 35.5. The lowest BCUT2D eigenvalue weighted by Gasteiger charge is -2.09. The van der Waals surface area contributed by atoms with Crippen LogP contribution in [0.3, 0.4) is 0 Å². The zero-order valence-corrected chi connectivity index (χ0v) is 16.6. The molecule has 4 rings (SSSR count). The van der Waals surface area contributed by atoms with E-state index in [9.17, 15) is 4.79 Å². The van der Waals surface area contributed by atoms with E-state index in [1.54, 1.807) is 41.8 Å². The maximum Gasteiger partial charge on any atom is 0.278 e. The molecule has 8 heteroatoms. The summed E-state index contributed by atoms with van der Waals surface area (Å²) in [5.41, 5.74) is 4.30. The molecule has 0 aliphatic heterocycles. The summed E-state index contributed by atoms with van der Waals surface area (Å²) in [5, 5.41) is 16.8. The Hall–Kier alpha value is -2.96. The molecular formula is C20H15Cl2N5O. The molecule has 2 aromatic heterocycles. The number of aromatic nitrogens is 4. The Balaban J connectivity index is 1.78. The smallest absolute Gasteiger partial charge is 0.278 e. The molecule has 0 spiro atoms. The van der Waals surface area contributed by atoms with Crippen molar-refractivity contribution >= 4 is 40.4 Å². The highest BCUT2D eigenvalue weighted by Gasteiger charge is 2.20. The molecule has 0 fully saturated rings. The van der Waals surface area contributed by atoms with Crippen molar-refractivity contribution in [2.24, 2.45) is 0 Å². The van der Waals surface area contributed by atoms with Gasteiger partial charge < -0.3 is 5.32 Å². The average Bonchev–Trinajstić information content (AvgIpc) is 3.01. The first-order valence-corrected chi connectivity index (χ1v) is 9.25. The van der Waals surface area contributed by atoms with E-state index in [1.165, 1.54) is 0 Å². The average molecular weight is 412 g/mol. The predicted octanol–water partition coefficient (Wildman–Crippen LogP) is 4.97. The SMILES string of the molecule is Cc1nn2c(C)c(C(=O)Nc3ccccc3Cl)nnc2c1-c1cccc(Cl)c1. The molecular weight excluding hydrogens is 397 g/mol. The number of anilines is 1. The van der Waals surface area contributed by atoms with Crippen LogP contribution in [0.25, 0.3) is 16.8 Å². The van der Waals surface area contributed by atoms with Gasteiger partial charge in [-0.05, 0) is 43.7 Å². The van der Waals surface area contributed by atoms with Gasteiger partial charge in [-0.3, -0.25) is 4.79 Å². The molecule has 2 aromatic carbocycles. The van der Waals surface area contributed by atoms with Crippen molar-refractivity contribution in [3.8, 4) is 11.1 Å². The second-order valence-electron chi connectivity index (χ2n) is 6.27. The molecule has 4 aromatic rings. The number of carbonyl (C=O) groups excluding carboxylic acids is 1. The van der Waals surface area contributed by atoms with Gasteiger partial charge in [0.1, 0.15) is 0 Å². The lowest BCUT2D eigenvalue weighted by molar-refractivity contribution is 0.102. The maximum absolute atomic E-state index is 12.7. The zero-order chi connectivity index (χ0) is 19.8. The normalized spacial score (nSPS) is 11.0. The largest absolute Gasteiger partial charge is 0.319 e. The third-order valence-corrected chi connectivity index (χ3v) is 4.96. The van der Waals surface area contributed by atoms with Crippen LogP contribution in [0.2, 0.25) is 10.0 Å². The van der Waals surface area contributed by atoms with E-state index in [0.717, 1.165) is 16.8 Å². The highest BCUT2D eigenvalue weighted by Crippen LogP contribution is 2.29. The van der Waals surface area contributed by atoms with Crippen LogP contribution in [0.15, 0.2) is 48.5 Å². The molecule has 0 atom stereocenters. The van der Waals surface area contributed by atoms with Gasteiger partial charge in [0.05, 0.1) is 27.7 Å². The van der Waals surface area contributed by atoms with Crippen LogP contribution >= 0.6 is 23.2 Å². The van der Waals surface area contributed by atoms with Gasteiger partial charge in [0.25, 0.3) is 5.91 Å². The summed E-state index contributed by atoms with van der Waals surface area (Å²) in [5.74, 6) is -0.405. The molecule has 1 amide bonds. The Labute approximate surface area is 171 Å². The fraction of sp³-hybridized carbons (Fsp3) is 0.100. The highest BCUT2D eigenvalue weighted by molar-refractivity contribution is 6.33. The first-order valence-electron chi connectivity index (χ1n) is 8.50. The number of amides is 1. The van der Waals surface area contributed by atoms with Crippen molar-refractivity contribution in [1.82, 2.24) is 19.8 Å². The van der Waals surface area contributed by atoms with E-state index in [0.29, 0.717) is 27.1 Å². The van der Waals surface area contributed by atoms with Crippen molar-refractivity contribution in [2.75, 3.05) is 5.32 Å². The van der Waals surface area contributed by atoms with Gasteiger partial charge >= 0.3 is 0 Å². The molecule has 0 bridgehead atoms. The van der Waals surface area contributed by atoms with E-state index in [-0.39, 0.29) is 5.69 Å². The molecule has 0 saturated carbocycles. The number of fused-ring (bicyclic) bond motifs is 1. The Morgan fingerprint density at radius 3 is 2.57 bits per heavy atom.